The van der Waals surface area contributed by atoms with Gasteiger partial charge in [-0.25, -0.2) is 4.98 Å². The molecule has 0 aliphatic rings. The van der Waals surface area contributed by atoms with Crippen molar-refractivity contribution in [2.75, 3.05) is 0 Å². The first-order valence-electron chi connectivity index (χ1n) is 11.5. The summed E-state index contributed by atoms with van der Waals surface area (Å²) in [6.07, 6.45) is 0. The first-order valence-corrected chi connectivity index (χ1v) is 11.5. The quantitative estimate of drug-likeness (QED) is 0.355. The Morgan fingerprint density at radius 2 is 1.27 bits per heavy atom. The van der Waals surface area contributed by atoms with Gasteiger partial charge in [-0.15, -0.1) is 0 Å². The van der Waals surface area contributed by atoms with Gasteiger partial charge in [0.2, 0.25) is 0 Å². The summed E-state index contributed by atoms with van der Waals surface area (Å²) in [5.41, 5.74) is 6.75. The maximum absolute atomic E-state index is 11.5. The highest BCUT2D eigenvalue weighted by Crippen LogP contribution is 2.44. The van der Waals surface area contributed by atoms with Crippen molar-refractivity contribution in [3.05, 3.63) is 83.9 Å². The molecular weight excluding hydrogens is 404 g/mol. The van der Waals surface area contributed by atoms with Crippen LogP contribution in [0.15, 0.2) is 72.8 Å². The molecule has 4 rings (SSSR count). The average molecular weight is 439 g/mol. The summed E-state index contributed by atoms with van der Waals surface area (Å²) in [5.74, 6) is 1.07. The summed E-state index contributed by atoms with van der Waals surface area (Å²) in [4.78, 5) is 5.14. The van der Waals surface area contributed by atoms with Crippen LogP contribution >= 0.6 is 0 Å². The molecular formula is C30H34N2O. The zero-order valence-corrected chi connectivity index (χ0v) is 20.8. The van der Waals surface area contributed by atoms with E-state index in [4.69, 9.17) is 4.98 Å². The van der Waals surface area contributed by atoms with E-state index in [1.54, 1.807) is 0 Å². The van der Waals surface area contributed by atoms with E-state index in [9.17, 15) is 5.11 Å². The lowest BCUT2D eigenvalue weighted by atomic mass is 9.79. The van der Waals surface area contributed by atoms with Crippen LogP contribution in [0.25, 0.3) is 33.9 Å². The Morgan fingerprint density at radius 1 is 0.727 bits per heavy atom. The van der Waals surface area contributed by atoms with E-state index >= 15 is 0 Å². The van der Waals surface area contributed by atoms with Gasteiger partial charge in [0.25, 0.3) is 0 Å². The molecule has 0 spiro atoms. The normalized spacial score (nSPS) is 12.2. The first kappa shape index (κ1) is 22.8. The molecule has 1 N–H and O–H groups in total. The number of benzene rings is 3. The molecule has 3 heteroatoms. The molecule has 0 aliphatic heterocycles. The fourth-order valence-corrected chi connectivity index (χ4v) is 4.27. The van der Waals surface area contributed by atoms with Crippen molar-refractivity contribution in [1.29, 1.82) is 0 Å². The van der Waals surface area contributed by atoms with E-state index in [1.807, 2.05) is 43.4 Å². The van der Waals surface area contributed by atoms with Crippen molar-refractivity contribution in [2.24, 2.45) is 7.05 Å². The SMILES string of the molecule is Cn1c(-c2cc(C(C)(C)C)cc(C(C)(C)C)c2O)nc(-c2ccccc2)c1-c1ccccc1. The lowest BCUT2D eigenvalue weighted by Crippen LogP contribution is -2.17. The zero-order chi connectivity index (χ0) is 24.0. The predicted molar refractivity (Wildman–Crippen MR) is 139 cm³/mol. The molecule has 0 saturated heterocycles. The third-order valence-electron chi connectivity index (χ3n) is 6.21. The maximum Gasteiger partial charge on any atom is 0.144 e. The first-order chi connectivity index (χ1) is 15.5. The topological polar surface area (TPSA) is 38.0 Å². The van der Waals surface area contributed by atoms with Crippen LogP contribution in [-0.2, 0) is 17.9 Å². The summed E-state index contributed by atoms with van der Waals surface area (Å²) < 4.78 is 2.12. The highest BCUT2D eigenvalue weighted by atomic mass is 16.3. The highest BCUT2D eigenvalue weighted by Gasteiger charge is 2.28. The smallest absolute Gasteiger partial charge is 0.144 e. The largest absolute Gasteiger partial charge is 0.507 e. The minimum atomic E-state index is -0.199. The Kier molecular flexibility index (Phi) is 5.69. The molecule has 33 heavy (non-hydrogen) atoms. The minimum Gasteiger partial charge on any atom is -0.507 e. The number of imidazole rings is 1. The van der Waals surface area contributed by atoms with E-state index in [0.29, 0.717) is 5.75 Å². The molecule has 1 heterocycles. The van der Waals surface area contributed by atoms with Crippen molar-refractivity contribution in [1.82, 2.24) is 9.55 Å². The van der Waals surface area contributed by atoms with Gasteiger partial charge in [-0.3, -0.25) is 0 Å². The Bertz CT molecular complexity index is 1270. The molecule has 3 aromatic carbocycles. The lowest BCUT2D eigenvalue weighted by molar-refractivity contribution is 0.446. The molecule has 4 aromatic rings. The second-order valence-corrected chi connectivity index (χ2v) is 10.8. The molecule has 0 amide bonds. The predicted octanol–water partition coefficient (Wildman–Crippen LogP) is 7.72. The molecule has 3 nitrogen and oxygen atoms in total. The summed E-state index contributed by atoms with van der Waals surface area (Å²) in [5, 5.41) is 11.5. The molecule has 0 aliphatic carbocycles. The van der Waals surface area contributed by atoms with Crippen molar-refractivity contribution in [2.45, 2.75) is 52.4 Å². The number of nitrogens with zero attached hydrogens (tertiary/aromatic N) is 2. The minimum absolute atomic E-state index is 0.0574. The number of aromatic hydroxyl groups is 1. The van der Waals surface area contributed by atoms with Crippen molar-refractivity contribution >= 4 is 0 Å². The van der Waals surface area contributed by atoms with Crippen LogP contribution in [0.5, 0.6) is 5.75 Å². The number of hydrogen-bond acceptors (Lipinski definition) is 2. The van der Waals surface area contributed by atoms with Gasteiger partial charge in [-0.05, 0) is 22.5 Å². The molecule has 1 aromatic heterocycles. The fraction of sp³-hybridized carbons (Fsp3) is 0.300. The molecule has 0 saturated carbocycles. The van der Waals surface area contributed by atoms with Crippen LogP contribution in [0.3, 0.4) is 0 Å². The second kappa shape index (κ2) is 8.22. The Labute approximate surface area is 197 Å². The highest BCUT2D eigenvalue weighted by molar-refractivity contribution is 5.83. The van der Waals surface area contributed by atoms with E-state index in [-0.39, 0.29) is 10.8 Å². The van der Waals surface area contributed by atoms with Gasteiger partial charge in [-0.2, -0.15) is 0 Å². The summed E-state index contributed by atoms with van der Waals surface area (Å²) in [7, 11) is 2.04. The zero-order valence-electron chi connectivity index (χ0n) is 20.8. The van der Waals surface area contributed by atoms with Gasteiger partial charge in [0.15, 0.2) is 0 Å². The number of phenols is 1. The van der Waals surface area contributed by atoms with Crippen LogP contribution in [0.1, 0.15) is 52.7 Å². The third-order valence-corrected chi connectivity index (χ3v) is 6.21. The van der Waals surface area contributed by atoms with Crippen LogP contribution in [0.2, 0.25) is 0 Å². The summed E-state index contributed by atoms with van der Waals surface area (Å²) >= 11 is 0. The number of aromatic nitrogens is 2. The summed E-state index contributed by atoms with van der Waals surface area (Å²) in [6.45, 7) is 13.0. The van der Waals surface area contributed by atoms with Gasteiger partial charge in [0, 0.05) is 23.7 Å². The van der Waals surface area contributed by atoms with Crippen LogP contribution in [-0.4, -0.2) is 14.7 Å². The van der Waals surface area contributed by atoms with Crippen molar-refractivity contribution in [3.63, 3.8) is 0 Å². The van der Waals surface area contributed by atoms with Gasteiger partial charge in [0.1, 0.15) is 11.6 Å². The second-order valence-electron chi connectivity index (χ2n) is 10.8. The van der Waals surface area contributed by atoms with Gasteiger partial charge in [0.05, 0.1) is 17.0 Å². The van der Waals surface area contributed by atoms with E-state index in [1.165, 1.54) is 5.56 Å². The van der Waals surface area contributed by atoms with Crippen LogP contribution in [0, 0.1) is 0 Å². The average Bonchev–Trinajstić information content (AvgIpc) is 3.10. The Hall–Kier alpha value is -3.33. The lowest BCUT2D eigenvalue weighted by Gasteiger charge is -2.27. The van der Waals surface area contributed by atoms with Crippen LogP contribution in [0.4, 0.5) is 0 Å². The molecule has 0 fully saturated rings. The molecule has 170 valence electrons. The van der Waals surface area contributed by atoms with Gasteiger partial charge >= 0.3 is 0 Å². The number of rotatable bonds is 3. The monoisotopic (exact) mass is 438 g/mol. The number of hydrogen-bond donors (Lipinski definition) is 1. The van der Waals surface area contributed by atoms with E-state index < -0.39 is 0 Å². The van der Waals surface area contributed by atoms with E-state index in [0.717, 1.165) is 39.5 Å². The van der Waals surface area contributed by atoms with Crippen molar-refractivity contribution in [3.8, 4) is 39.7 Å². The van der Waals surface area contributed by atoms with Gasteiger partial charge in [-0.1, -0.05) is 108 Å². The molecule has 0 unspecified atom stereocenters. The Balaban J connectivity index is 2.06. The number of phenolic OH excluding ortho intramolecular Hbond substituents is 1. The van der Waals surface area contributed by atoms with Gasteiger partial charge < -0.3 is 9.67 Å². The molecule has 0 bridgehead atoms. The maximum atomic E-state index is 11.5. The summed E-state index contributed by atoms with van der Waals surface area (Å²) in [6, 6.07) is 24.9. The van der Waals surface area contributed by atoms with Crippen LogP contribution < -0.4 is 0 Å². The standard InChI is InChI=1S/C30H34N2O/c1-29(2,3)22-18-23(27(33)24(19-22)30(4,5)6)28-31-25(20-14-10-8-11-15-20)26(32(28)7)21-16-12-9-13-17-21/h8-19,33H,1-7H3. The molecule has 0 atom stereocenters. The molecule has 0 radical (unpaired) electrons. The Morgan fingerprint density at radius 3 is 1.79 bits per heavy atom. The third kappa shape index (κ3) is 4.32. The van der Waals surface area contributed by atoms with Crippen molar-refractivity contribution < 1.29 is 5.11 Å². The van der Waals surface area contributed by atoms with E-state index in [2.05, 4.69) is 82.5 Å². The fourth-order valence-electron chi connectivity index (χ4n) is 4.27.